The molecule has 3 heterocycles. The number of halogens is 1. The minimum absolute atomic E-state index is 0.273. The first kappa shape index (κ1) is 14.5. The molecule has 0 amide bonds. The molecule has 1 saturated heterocycles. The Hall–Kier alpha value is -2.45. The number of rotatable bonds is 3. The number of aromatic amines is 1. The monoisotopic (exact) mass is 306 g/mol. The van der Waals surface area contributed by atoms with E-state index >= 15 is 0 Å². The van der Waals surface area contributed by atoms with E-state index in [4.69, 9.17) is 5.73 Å². The number of nitrogens with two attached hydrogens (primary N) is 1. The van der Waals surface area contributed by atoms with Crippen LogP contribution in [0, 0.1) is 5.82 Å². The number of H-pyrrole nitrogens is 1. The second-order valence-corrected chi connectivity index (χ2v) is 5.58. The third kappa shape index (κ3) is 2.78. The molecule has 8 nitrogen and oxygen atoms in total. The Kier molecular flexibility index (Phi) is 3.78. The molecule has 1 aliphatic rings. The Balaban J connectivity index is 1.70. The van der Waals surface area contributed by atoms with Gasteiger partial charge in [-0.1, -0.05) is 0 Å². The van der Waals surface area contributed by atoms with Crippen molar-refractivity contribution in [3.8, 4) is 0 Å². The van der Waals surface area contributed by atoms with Gasteiger partial charge in [-0.25, -0.2) is 9.37 Å². The number of hydrogen-bond acceptors (Lipinski definition) is 7. The number of hydrogen-bond donors (Lipinski definition) is 2. The molecule has 0 aromatic carbocycles. The normalized spacial score (nSPS) is 16.0. The Morgan fingerprint density at radius 3 is 2.64 bits per heavy atom. The maximum atomic E-state index is 13.7. The number of aromatic nitrogens is 5. The van der Waals surface area contributed by atoms with Crippen LogP contribution in [0.2, 0.25) is 0 Å². The fraction of sp³-hybridized carbons (Fsp3) is 0.538. The maximum absolute atomic E-state index is 13.7. The standard InChI is InChI=1S/C13H19FN8/c1-21(2)11-9(14)7-16-13(18-11)22-5-3-8(4-6-22)10-17-12(15)20-19-10/h7-8H,3-6H2,1-2H3,(H3,15,17,19,20). The van der Waals surface area contributed by atoms with Crippen molar-refractivity contribution in [1.82, 2.24) is 25.1 Å². The van der Waals surface area contributed by atoms with Crippen LogP contribution in [-0.2, 0) is 0 Å². The van der Waals surface area contributed by atoms with Gasteiger partial charge in [0, 0.05) is 33.1 Å². The summed E-state index contributed by atoms with van der Waals surface area (Å²) < 4.78 is 13.7. The summed E-state index contributed by atoms with van der Waals surface area (Å²) in [5.74, 6) is 1.84. The number of nitrogen functional groups attached to an aromatic ring is 1. The molecule has 118 valence electrons. The molecule has 0 bridgehead atoms. The van der Waals surface area contributed by atoms with Crippen molar-refractivity contribution in [2.24, 2.45) is 0 Å². The summed E-state index contributed by atoms with van der Waals surface area (Å²) in [5.41, 5.74) is 5.54. The van der Waals surface area contributed by atoms with Gasteiger partial charge in [0.25, 0.3) is 0 Å². The Morgan fingerprint density at radius 1 is 1.32 bits per heavy atom. The van der Waals surface area contributed by atoms with Crippen LogP contribution in [0.15, 0.2) is 6.20 Å². The van der Waals surface area contributed by atoms with Crippen molar-refractivity contribution in [3.05, 3.63) is 17.8 Å². The van der Waals surface area contributed by atoms with Crippen LogP contribution in [0.3, 0.4) is 0 Å². The molecule has 22 heavy (non-hydrogen) atoms. The zero-order chi connectivity index (χ0) is 15.7. The largest absolute Gasteiger partial charge is 0.367 e. The number of nitrogens with zero attached hydrogens (tertiary/aromatic N) is 6. The highest BCUT2D eigenvalue weighted by atomic mass is 19.1. The zero-order valence-electron chi connectivity index (χ0n) is 12.6. The quantitative estimate of drug-likeness (QED) is 0.863. The Labute approximate surface area is 127 Å². The molecule has 0 unspecified atom stereocenters. The lowest BCUT2D eigenvalue weighted by atomic mass is 9.96. The highest BCUT2D eigenvalue weighted by Gasteiger charge is 2.25. The molecular formula is C13H19FN8. The van der Waals surface area contributed by atoms with Gasteiger partial charge >= 0.3 is 0 Å². The van der Waals surface area contributed by atoms with Gasteiger partial charge in [0.1, 0.15) is 5.82 Å². The van der Waals surface area contributed by atoms with E-state index in [2.05, 4.69) is 30.0 Å². The summed E-state index contributed by atoms with van der Waals surface area (Å²) in [4.78, 5) is 16.3. The van der Waals surface area contributed by atoms with Gasteiger partial charge in [0.2, 0.25) is 11.9 Å². The molecular weight excluding hydrogens is 287 g/mol. The van der Waals surface area contributed by atoms with E-state index < -0.39 is 5.82 Å². The molecule has 1 aliphatic heterocycles. The molecule has 2 aromatic heterocycles. The average Bonchev–Trinajstić information content (AvgIpc) is 2.94. The number of nitrogens with one attached hydrogen (secondary N) is 1. The van der Waals surface area contributed by atoms with Gasteiger partial charge in [-0.2, -0.15) is 9.97 Å². The lowest BCUT2D eigenvalue weighted by Crippen LogP contribution is -2.34. The summed E-state index contributed by atoms with van der Waals surface area (Å²) in [6, 6.07) is 0. The van der Waals surface area contributed by atoms with Crippen LogP contribution >= 0.6 is 0 Å². The maximum Gasteiger partial charge on any atom is 0.239 e. The van der Waals surface area contributed by atoms with Crippen molar-refractivity contribution in [3.63, 3.8) is 0 Å². The molecule has 1 fully saturated rings. The third-order valence-electron chi connectivity index (χ3n) is 3.82. The molecule has 3 N–H and O–H groups in total. The van der Waals surface area contributed by atoms with Crippen LogP contribution in [0.25, 0.3) is 0 Å². The minimum Gasteiger partial charge on any atom is -0.367 e. The first-order chi connectivity index (χ1) is 10.5. The van der Waals surface area contributed by atoms with Gasteiger partial charge in [0.15, 0.2) is 11.6 Å². The summed E-state index contributed by atoms with van der Waals surface area (Å²) >= 11 is 0. The van der Waals surface area contributed by atoms with E-state index in [1.807, 2.05) is 0 Å². The summed E-state index contributed by atoms with van der Waals surface area (Å²) in [7, 11) is 3.52. The fourth-order valence-electron chi connectivity index (χ4n) is 2.64. The molecule has 3 rings (SSSR count). The fourth-order valence-corrected chi connectivity index (χ4v) is 2.64. The van der Waals surface area contributed by atoms with E-state index in [-0.39, 0.29) is 5.95 Å². The van der Waals surface area contributed by atoms with Crippen molar-refractivity contribution in [1.29, 1.82) is 0 Å². The van der Waals surface area contributed by atoms with Crippen LogP contribution < -0.4 is 15.5 Å². The average molecular weight is 306 g/mol. The highest BCUT2D eigenvalue weighted by molar-refractivity contribution is 5.44. The lowest BCUT2D eigenvalue weighted by molar-refractivity contribution is 0.481. The first-order valence-corrected chi connectivity index (χ1v) is 7.17. The lowest BCUT2D eigenvalue weighted by Gasteiger charge is -2.31. The molecule has 0 radical (unpaired) electrons. The van der Waals surface area contributed by atoms with E-state index in [0.717, 1.165) is 31.8 Å². The van der Waals surface area contributed by atoms with E-state index in [1.165, 1.54) is 6.20 Å². The molecule has 2 aromatic rings. The summed E-state index contributed by atoms with van der Waals surface area (Å²) in [5, 5.41) is 6.74. The topological polar surface area (TPSA) is 99.9 Å². The van der Waals surface area contributed by atoms with Gasteiger partial charge in [-0.05, 0) is 12.8 Å². The van der Waals surface area contributed by atoms with Gasteiger partial charge in [0.05, 0.1) is 6.20 Å². The molecule has 0 spiro atoms. The number of anilines is 3. The Bertz CT molecular complexity index is 647. The van der Waals surface area contributed by atoms with Gasteiger partial charge < -0.3 is 15.5 Å². The van der Waals surface area contributed by atoms with Crippen LogP contribution in [0.5, 0.6) is 0 Å². The Morgan fingerprint density at radius 2 is 2.05 bits per heavy atom. The van der Waals surface area contributed by atoms with Crippen LogP contribution in [0.4, 0.5) is 22.1 Å². The van der Waals surface area contributed by atoms with Crippen LogP contribution in [-0.4, -0.2) is 52.3 Å². The predicted molar refractivity (Wildman–Crippen MR) is 81.3 cm³/mol. The molecule has 0 saturated carbocycles. The molecule has 0 atom stereocenters. The summed E-state index contributed by atoms with van der Waals surface area (Å²) in [6.45, 7) is 1.56. The van der Waals surface area contributed by atoms with Gasteiger partial charge in [-0.3, -0.25) is 5.10 Å². The smallest absolute Gasteiger partial charge is 0.239 e. The SMILES string of the molecule is CN(C)c1nc(N2CCC(c3nc(N)n[nH]3)CC2)ncc1F. The second-order valence-electron chi connectivity index (χ2n) is 5.58. The zero-order valence-corrected chi connectivity index (χ0v) is 12.6. The van der Waals surface area contributed by atoms with E-state index in [0.29, 0.717) is 17.7 Å². The molecule has 0 aliphatic carbocycles. The van der Waals surface area contributed by atoms with Crippen molar-refractivity contribution >= 4 is 17.7 Å². The van der Waals surface area contributed by atoms with Crippen LogP contribution in [0.1, 0.15) is 24.6 Å². The number of piperidine rings is 1. The highest BCUT2D eigenvalue weighted by Crippen LogP contribution is 2.28. The van der Waals surface area contributed by atoms with Crippen molar-refractivity contribution < 1.29 is 4.39 Å². The summed E-state index contributed by atoms with van der Waals surface area (Å²) in [6.07, 6.45) is 3.01. The van der Waals surface area contributed by atoms with Crippen molar-refractivity contribution in [2.75, 3.05) is 42.7 Å². The predicted octanol–water partition coefficient (Wildman–Crippen LogP) is 0.766. The second kappa shape index (κ2) is 5.74. The first-order valence-electron chi connectivity index (χ1n) is 7.17. The minimum atomic E-state index is -0.416. The third-order valence-corrected chi connectivity index (χ3v) is 3.82. The van der Waals surface area contributed by atoms with E-state index in [9.17, 15) is 4.39 Å². The van der Waals surface area contributed by atoms with Gasteiger partial charge in [-0.15, -0.1) is 5.10 Å². The van der Waals surface area contributed by atoms with E-state index in [1.54, 1.807) is 19.0 Å². The molecule has 9 heteroatoms. The van der Waals surface area contributed by atoms with Crippen molar-refractivity contribution in [2.45, 2.75) is 18.8 Å².